The molecule has 0 N–H and O–H groups in total. The van der Waals surface area contributed by atoms with E-state index >= 15 is 0 Å². The van der Waals surface area contributed by atoms with E-state index in [9.17, 15) is 4.79 Å². The van der Waals surface area contributed by atoms with E-state index in [2.05, 4.69) is 9.88 Å². The highest BCUT2D eigenvalue weighted by Gasteiger charge is 2.26. The Hall–Kier alpha value is -2.32. The van der Waals surface area contributed by atoms with Gasteiger partial charge in [-0.05, 0) is 39.2 Å². The molecule has 1 aromatic heterocycles. The Balaban J connectivity index is 1.91. The predicted molar refractivity (Wildman–Crippen MR) is 102 cm³/mol. The topological polar surface area (TPSA) is 64.1 Å². The number of carbonyl (C=O) groups excluding carboxylic acids is 1. The fraction of sp³-hybridized carbons (Fsp3) is 0.444. The Morgan fingerprint density at radius 1 is 1.31 bits per heavy atom. The second-order valence-corrected chi connectivity index (χ2v) is 7.13. The molecule has 0 spiro atoms. The third-order valence-corrected chi connectivity index (χ3v) is 4.96. The molecule has 26 heavy (non-hydrogen) atoms. The van der Waals surface area contributed by atoms with Crippen LogP contribution in [0.3, 0.4) is 0 Å². The lowest BCUT2D eigenvalue weighted by Crippen LogP contribution is -2.36. The molecule has 0 radical (unpaired) electrons. The van der Waals surface area contributed by atoms with Crippen LogP contribution < -0.4 is 9.64 Å². The zero-order valence-corrected chi connectivity index (χ0v) is 16.0. The zero-order valence-electron chi connectivity index (χ0n) is 15.2. The lowest BCUT2D eigenvalue weighted by atomic mass is 10.3. The van der Waals surface area contributed by atoms with Gasteiger partial charge >= 0.3 is 0 Å². The maximum atomic E-state index is 13.0. The normalized spacial score (nSPS) is 13.9. The molecule has 1 aliphatic heterocycles. The fourth-order valence-corrected chi connectivity index (χ4v) is 3.64. The van der Waals surface area contributed by atoms with Crippen molar-refractivity contribution in [3.8, 4) is 5.75 Å². The number of methoxy groups -OCH3 is 1. The minimum Gasteiger partial charge on any atom is -0.494 e. The summed E-state index contributed by atoms with van der Waals surface area (Å²) in [6.45, 7) is 2.24. The highest BCUT2D eigenvalue weighted by atomic mass is 32.1. The van der Waals surface area contributed by atoms with Crippen molar-refractivity contribution in [2.45, 2.75) is 6.42 Å². The molecule has 7 nitrogen and oxygen atoms in total. The third kappa shape index (κ3) is 4.08. The van der Waals surface area contributed by atoms with Crippen molar-refractivity contribution >= 4 is 32.6 Å². The lowest BCUT2D eigenvalue weighted by Gasteiger charge is -2.23. The van der Waals surface area contributed by atoms with Crippen LogP contribution in [0.25, 0.3) is 10.2 Å². The monoisotopic (exact) mass is 377 g/mol. The van der Waals surface area contributed by atoms with Crippen LogP contribution in [0.4, 0.5) is 5.13 Å². The Labute approximate surface area is 156 Å². The molecule has 1 aliphatic rings. The van der Waals surface area contributed by atoms with Gasteiger partial charge in [0.25, 0.3) is 5.91 Å². The number of aromatic nitrogens is 1. The average Bonchev–Trinajstić information content (AvgIpc) is 3.09. The van der Waals surface area contributed by atoms with E-state index in [0.717, 1.165) is 23.2 Å². The standard InChI is InChI=1S/C18H23N3O4S/c1-20(2)8-5-9-21(17(22)14-12-24-10-11-25-14)18-19-16-13(23-3)6-4-7-15(16)26-18/h4,6-7,12H,5,8-11H2,1-3H3. The van der Waals surface area contributed by atoms with Crippen LogP contribution in [0, 0.1) is 0 Å². The van der Waals surface area contributed by atoms with Gasteiger partial charge in [-0.2, -0.15) is 0 Å². The summed E-state index contributed by atoms with van der Waals surface area (Å²) in [5.41, 5.74) is 0.759. The second-order valence-electron chi connectivity index (χ2n) is 6.12. The summed E-state index contributed by atoms with van der Waals surface area (Å²) in [4.78, 5) is 21.4. The molecule has 0 atom stereocenters. The van der Waals surface area contributed by atoms with E-state index in [1.807, 2.05) is 32.3 Å². The molecule has 2 aromatic rings. The highest BCUT2D eigenvalue weighted by molar-refractivity contribution is 7.22. The summed E-state index contributed by atoms with van der Waals surface area (Å²) in [5.74, 6) is 0.677. The summed E-state index contributed by atoms with van der Waals surface area (Å²) in [6, 6.07) is 5.76. The smallest absolute Gasteiger partial charge is 0.298 e. The first-order valence-electron chi connectivity index (χ1n) is 8.45. The van der Waals surface area contributed by atoms with Crippen LogP contribution in [0.2, 0.25) is 0 Å². The summed E-state index contributed by atoms with van der Waals surface area (Å²) in [7, 11) is 5.64. The molecule has 0 fully saturated rings. The van der Waals surface area contributed by atoms with Crippen LogP contribution in [0.1, 0.15) is 6.42 Å². The molecule has 0 saturated carbocycles. The maximum Gasteiger partial charge on any atom is 0.298 e. The third-order valence-electron chi connectivity index (χ3n) is 3.91. The molecule has 2 heterocycles. The second kappa shape index (κ2) is 8.37. The molecule has 0 bridgehead atoms. The maximum absolute atomic E-state index is 13.0. The average molecular weight is 377 g/mol. The largest absolute Gasteiger partial charge is 0.494 e. The number of rotatable bonds is 7. The number of carbonyl (C=O) groups is 1. The van der Waals surface area contributed by atoms with E-state index < -0.39 is 0 Å². The van der Waals surface area contributed by atoms with Gasteiger partial charge < -0.3 is 19.1 Å². The van der Waals surface area contributed by atoms with E-state index in [4.69, 9.17) is 14.2 Å². The first-order valence-corrected chi connectivity index (χ1v) is 9.26. The summed E-state index contributed by atoms with van der Waals surface area (Å²) < 4.78 is 17.1. The van der Waals surface area contributed by atoms with Crippen LogP contribution in [0.15, 0.2) is 30.2 Å². The van der Waals surface area contributed by atoms with Crippen molar-refractivity contribution in [3.63, 3.8) is 0 Å². The van der Waals surface area contributed by atoms with Crippen LogP contribution in [-0.2, 0) is 14.3 Å². The van der Waals surface area contributed by atoms with Gasteiger partial charge in [0, 0.05) is 6.54 Å². The van der Waals surface area contributed by atoms with Crippen molar-refractivity contribution in [2.75, 3.05) is 52.4 Å². The molecule has 3 rings (SSSR count). The van der Waals surface area contributed by atoms with Crippen molar-refractivity contribution in [3.05, 3.63) is 30.2 Å². The van der Waals surface area contributed by atoms with E-state index in [1.165, 1.54) is 17.6 Å². The van der Waals surface area contributed by atoms with Gasteiger partial charge in [-0.15, -0.1) is 0 Å². The van der Waals surface area contributed by atoms with Gasteiger partial charge in [-0.3, -0.25) is 9.69 Å². The molecule has 140 valence electrons. The van der Waals surface area contributed by atoms with Gasteiger partial charge in [0.05, 0.1) is 11.8 Å². The summed E-state index contributed by atoms with van der Waals surface area (Å²) in [6.07, 6.45) is 2.21. The van der Waals surface area contributed by atoms with Crippen LogP contribution >= 0.6 is 11.3 Å². The van der Waals surface area contributed by atoms with Crippen LogP contribution in [-0.4, -0.2) is 63.3 Å². The van der Waals surface area contributed by atoms with E-state index in [0.29, 0.717) is 30.6 Å². The summed E-state index contributed by atoms with van der Waals surface area (Å²) >= 11 is 1.46. The van der Waals surface area contributed by atoms with E-state index in [1.54, 1.807) is 12.0 Å². The van der Waals surface area contributed by atoms with Crippen molar-refractivity contribution in [1.82, 2.24) is 9.88 Å². The van der Waals surface area contributed by atoms with Gasteiger partial charge in [-0.1, -0.05) is 17.4 Å². The molecule has 0 saturated heterocycles. The number of nitrogens with zero attached hydrogens (tertiary/aromatic N) is 3. The first kappa shape index (κ1) is 18.5. The summed E-state index contributed by atoms with van der Waals surface area (Å²) in [5, 5.41) is 0.628. The number of amides is 1. The van der Waals surface area contributed by atoms with Gasteiger partial charge in [0.15, 0.2) is 5.13 Å². The number of hydrogen-bond acceptors (Lipinski definition) is 7. The van der Waals surface area contributed by atoms with Crippen molar-refractivity contribution < 1.29 is 19.0 Å². The first-order chi connectivity index (χ1) is 12.6. The molecular formula is C18H23N3O4S. The molecule has 1 aromatic carbocycles. The number of anilines is 1. The molecule has 0 aliphatic carbocycles. The minimum atomic E-state index is -0.235. The fourth-order valence-electron chi connectivity index (χ4n) is 2.63. The number of thiazole rings is 1. The number of benzene rings is 1. The Bertz CT molecular complexity index is 803. The van der Waals surface area contributed by atoms with Crippen molar-refractivity contribution in [2.24, 2.45) is 0 Å². The highest BCUT2D eigenvalue weighted by Crippen LogP contribution is 2.34. The number of hydrogen-bond donors (Lipinski definition) is 0. The molecular weight excluding hydrogens is 354 g/mol. The molecule has 8 heteroatoms. The SMILES string of the molecule is COc1cccc2sc(N(CCCN(C)C)C(=O)C3=COCCO3)nc12. The van der Waals surface area contributed by atoms with Gasteiger partial charge in [0.2, 0.25) is 5.76 Å². The zero-order chi connectivity index (χ0) is 18.5. The minimum absolute atomic E-state index is 0.215. The molecule has 0 unspecified atom stereocenters. The van der Waals surface area contributed by atoms with E-state index in [-0.39, 0.29) is 11.7 Å². The predicted octanol–water partition coefficient (Wildman–Crippen LogP) is 2.48. The number of para-hydroxylation sites is 1. The quantitative estimate of drug-likeness (QED) is 0.739. The van der Waals surface area contributed by atoms with Crippen molar-refractivity contribution in [1.29, 1.82) is 0 Å². The lowest BCUT2D eigenvalue weighted by molar-refractivity contribution is -0.119. The number of fused-ring (bicyclic) bond motifs is 1. The Morgan fingerprint density at radius 2 is 2.15 bits per heavy atom. The van der Waals surface area contributed by atoms with Crippen LogP contribution in [0.5, 0.6) is 5.75 Å². The van der Waals surface area contributed by atoms with Gasteiger partial charge in [0.1, 0.15) is 30.7 Å². The number of ether oxygens (including phenoxy) is 3. The van der Waals surface area contributed by atoms with Gasteiger partial charge in [-0.25, -0.2) is 4.98 Å². The molecule has 1 amide bonds. The Morgan fingerprint density at radius 3 is 2.85 bits per heavy atom. The Kier molecular flexibility index (Phi) is 5.95.